The van der Waals surface area contributed by atoms with Gasteiger partial charge in [-0.05, 0) is 50.5 Å². The molecule has 1 amide bonds. The minimum Gasteiger partial charge on any atom is -0.462 e. The molecule has 1 unspecified atom stereocenters. The van der Waals surface area contributed by atoms with Gasteiger partial charge < -0.3 is 10.1 Å². The van der Waals surface area contributed by atoms with Crippen LogP contribution in [-0.4, -0.2) is 24.5 Å². The van der Waals surface area contributed by atoms with Crippen LogP contribution in [-0.2, 0) is 14.3 Å². The van der Waals surface area contributed by atoms with Gasteiger partial charge in [0, 0.05) is 13.0 Å². The Balaban J connectivity index is 2.05. The van der Waals surface area contributed by atoms with E-state index in [2.05, 4.69) is 18.8 Å². The second-order valence-electron chi connectivity index (χ2n) is 7.23. The van der Waals surface area contributed by atoms with Crippen molar-refractivity contribution in [1.29, 1.82) is 0 Å². The number of carbonyl (C=O) groups is 2. The van der Waals surface area contributed by atoms with Crippen LogP contribution in [0.2, 0.25) is 0 Å². The first-order chi connectivity index (χ1) is 12.2. The molecule has 0 radical (unpaired) electrons. The van der Waals surface area contributed by atoms with Gasteiger partial charge in [-0.2, -0.15) is 0 Å². The van der Waals surface area contributed by atoms with Gasteiger partial charge >= 0.3 is 5.97 Å². The standard InChI is InChI=1S/C21H37NO3/c1-3-5-6-7-8-10-13-19(18-15-16-18)25-21(24)14-11-9-12-17-22-20(23)4-2/h4,18-19H,2-3,5-17H2,1H3,(H,22,23). The van der Waals surface area contributed by atoms with Crippen LogP contribution in [0, 0.1) is 5.92 Å². The number of hydrogen-bond donors (Lipinski definition) is 1. The van der Waals surface area contributed by atoms with E-state index in [4.69, 9.17) is 4.74 Å². The van der Waals surface area contributed by atoms with Gasteiger partial charge in [0.1, 0.15) is 6.10 Å². The maximum atomic E-state index is 12.0. The van der Waals surface area contributed by atoms with E-state index in [1.807, 2.05) is 0 Å². The molecule has 1 N–H and O–H groups in total. The minimum atomic E-state index is -0.138. The smallest absolute Gasteiger partial charge is 0.306 e. The van der Waals surface area contributed by atoms with Crippen molar-refractivity contribution in [2.24, 2.45) is 5.92 Å². The molecule has 1 saturated carbocycles. The first-order valence-electron chi connectivity index (χ1n) is 10.3. The molecule has 0 aliphatic heterocycles. The zero-order chi connectivity index (χ0) is 18.3. The number of hydrogen-bond acceptors (Lipinski definition) is 3. The van der Waals surface area contributed by atoms with E-state index in [1.165, 1.54) is 57.4 Å². The predicted molar refractivity (Wildman–Crippen MR) is 102 cm³/mol. The molecular formula is C21H37NO3. The molecule has 1 fully saturated rings. The van der Waals surface area contributed by atoms with Crippen molar-refractivity contribution in [1.82, 2.24) is 5.32 Å². The number of ether oxygens (including phenoxy) is 1. The van der Waals surface area contributed by atoms with Gasteiger partial charge in [0.05, 0.1) is 0 Å². The molecule has 0 bridgehead atoms. The highest BCUT2D eigenvalue weighted by Gasteiger charge is 2.33. The average molecular weight is 352 g/mol. The monoisotopic (exact) mass is 351 g/mol. The van der Waals surface area contributed by atoms with E-state index in [0.717, 1.165) is 25.7 Å². The molecule has 0 aromatic rings. The van der Waals surface area contributed by atoms with Gasteiger partial charge in [0.15, 0.2) is 0 Å². The Morgan fingerprint density at radius 2 is 1.76 bits per heavy atom. The number of carbonyl (C=O) groups excluding carboxylic acids is 2. The summed E-state index contributed by atoms with van der Waals surface area (Å²) >= 11 is 0. The largest absolute Gasteiger partial charge is 0.462 e. The first-order valence-corrected chi connectivity index (χ1v) is 10.3. The summed E-state index contributed by atoms with van der Waals surface area (Å²) in [5.41, 5.74) is 0. The second-order valence-corrected chi connectivity index (χ2v) is 7.23. The Morgan fingerprint density at radius 1 is 1.08 bits per heavy atom. The predicted octanol–water partition coefficient (Wildman–Crippen LogP) is 4.92. The lowest BCUT2D eigenvalue weighted by Crippen LogP contribution is -2.22. The molecule has 1 rings (SSSR count). The second kappa shape index (κ2) is 13.9. The van der Waals surface area contributed by atoms with Crippen molar-refractivity contribution in [3.63, 3.8) is 0 Å². The van der Waals surface area contributed by atoms with Gasteiger partial charge in [0.25, 0.3) is 0 Å². The maximum Gasteiger partial charge on any atom is 0.306 e. The summed E-state index contributed by atoms with van der Waals surface area (Å²) in [5, 5.41) is 2.74. The minimum absolute atomic E-state index is 0.0435. The molecule has 0 aromatic heterocycles. The van der Waals surface area contributed by atoms with Gasteiger partial charge in [-0.3, -0.25) is 9.59 Å². The Hall–Kier alpha value is -1.32. The molecule has 1 aliphatic carbocycles. The quantitative estimate of drug-likeness (QED) is 0.244. The highest BCUT2D eigenvalue weighted by molar-refractivity contribution is 5.86. The van der Waals surface area contributed by atoms with Crippen LogP contribution >= 0.6 is 0 Å². The van der Waals surface area contributed by atoms with Crippen LogP contribution in [0.15, 0.2) is 12.7 Å². The Labute approximate surface area is 153 Å². The zero-order valence-electron chi connectivity index (χ0n) is 16.1. The fourth-order valence-electron chi connectivity index (χ4n) is 3.07. The van der Waals surface area contributed by atoms with Crippen LogP contribution in [0.25, 0.3) is 0 Å². The third-order valence-electron chi connectivity index (χ3n) is 4.82. The number of rotatable bonds is 16. The van der Waals surface area contributed by atoms with Crippen LogP contribution in [0.5, 0.6) is 0 Å². The SMILES string of the molecule is C=CC(=O)NCCCCCC(=O)OC(CCCCCCCC)C1CC1. The third kappa shape index (κ3) is 11.8. The lowest BCUT2D eigenvalue weighted by Gasteiger charge is -2.17. The van der Waals surface area contributed by atoms with E-state index in [0.29, 0.717) is 18.9 Å². The van der Waals surface area contributed by atoms with E-state index >= 15 is 0 Å². The van der Waals surface area contributed by atoms with Crippen LogP contribution in [0.1, 0.15) is 90.4 Å². The number of nitrogens with one attached hydrogen (secondary N) is 1. The molecule has 0 saturated heterocycles. The fraction of sp³-hybridized carbons (Fsp3) is 0.810. The van der Waals surface area contributed by atoms with E-state index < -0.39 is 0 Å². The number of esters is 1. The molecule has 1 atom stereocenters. The normalized spacial score (nSPS) is 14.8. The van der Waals surface area contributed by atoms with Gasteiger partial charge in [0.2, 0.25) is 5.91 Å². The van der Waals surface area contributed by atoms with Crippen LogP contribution < -0.4 is 5.32 Å². The molecule has 0 spiro atoms. The number of amides is 1. The van der Waals surface area contributed by atoms with Crippen molar-refractivity contribution in [3.05, 3.63) is 12.7 Å². The summed E-state index contributed by atoms with van der Waals surface area (Å²) in [6.45, 7) is 6.29. The Bertz CT molecular complexity index is 391. The lowest BCUT2D eigenvalue weighted by molar-refractivity contribution is -0.150. The molecule has 1 aliphatic rings. The van der Waals surface area contributed by atoms with E-state index in [9.17, 15) is 9.59 Å². The van der Waals surface area contributed by atoms with E-state index in [1.54, 1.807) is 0 Å². The lowest BCUT2D eigenvalue weighted by atomic mass is 10.0. The molecule has 0 heterocycles. The summed E-state index contributed by atoms with van der Waals surface area (Å²) in [6, 6.07) is 0. The maximum absolute atomic E-state index is 12.0. The Kier molecular flexibility index (Phi) is 12.1. The summed E-state index contributed by atoms with van der Waals surface area (Å²) < 4.78 is 5.74. The highest BCUT2D eigenvalue weighted by Crippen LogP contribution is 2.37. The fourth-order valence-corrected chi connectivity index (χ4v) is 3.07. The summed E-state index contributed by atoms with van der Waals surface area (Å²) in [6.07, 6.45) is 15.7. The average Bonchev–Trinajstić information content (AvgIpc) is 3.44. The molecule has 4 heteroatoms. The zero-order valence-corrected chi connectivity index (χ0v) is 16.1. The summed E-state index contributed by atoms with van der Waals surface area (Å²) in [5.74, 6) is 0.438. The molecule has 4 nitrogen and oxygen atoms in total. The van der Waals surface area contributed by atoms with Gasteiger partial charge in [-0.1, -0.05) is 52.0 Å². The van der Waals surface area contributed by atoms with Crippen molar-refractivity contribution in [2.75, 3.05) is 6.54 Å². The Morgan fingerprint density at radius 3 is 2.44 bits per heavy atom. The van der Waals surface area contributed by atoms with Crippen LogP contribution in [0.4, 0.5) is 0 Å². The summed E-state index contributed by atoms with van der Waals surface area (Å²) in [4.78, 5) is 23.0. The molecule has 144 valence electrons. The first kappa shape index (κ1) is 21.7. The van der Waals surface area contributed by atoms with E-state index in [-0.39, 0.29) is 18.0 Å². The topological polar surface area (TPSA) is 55.4 Å². The number of unbranched alkanes of at least 4 members (excludes halogenated alkanes) is 7. The summed E-state index contributed by atoms with van der Waals surface area (Å²) in [7, 11) is 0. The van der Waals surface area contributed by atoms with Crippen molar-refractivity contribution in [3.8, 4) is 0 Å². The van der Waals surface area contributed by atoms with Crippen molar-refractivity contribution in [2.45, 2.75) is 96.5 Å². The molecule has 25 heavy (non-hydrogen) atoms. The van der Waals surface area contributed by atoms with Crippen LogP contribution in [0.3, 0.4) is 0 Å². The van der Waals surface area contributed by atoms with Crippen molar-refractivity contribution >= 4 is 11.9 Å². The van der Waals surface area contributed by atoms with Crippen molar-refractivity contribution < 1.29 is 14.3 Å². The third-order valence-corrected chi connectivity index (χ3v) is 4.82. The van der Waals surface area contributed by atoms with Gasteiger partial charge in [-0.15, -0.1) is 0 Å². The highest BCUT2D eigenvalue weighted by atomic mass is 16.5. The van der Waals surface area contributed by atoms with Gasteiger partial charge in [-0.25, -0.2) is 0 Å². The molecular weight excluding hydrogens is 314 g/mol. The molecule has 0 aromatic carbocycles.